The molecule has 0 aromatic heterocycles. The van der Waals surface area contributed by atoms with Gasteiger partial charge in [0.2, 0.25) is 0 Å². The van der Waals surface area contributed by atoms with Crippen LogP contribution in [0.5, 0.6) is 5.75 Å². The molecule has 0 aliphatic carbocycles. The summed E-state index contributed by atoms with van der Waals surface area (Å²) in [5, 5.41) is 0. The van der Waals surface area contributed by atoms with E-state index in [-0.39, 0.29) is 5.92 Å². The van der Waals surface area contributed by atoms with E-state index in [9.17, 15) is 4.79 Å². The summed E-state index contributed by atoms with van der Waals surface area (Å²) < 4.78 is 6.05. The molecule has 0 saturated carbocycles. The Labute approximate surface area is 118 Å². The molecule has 0 spiro atoms. The minimum atomic E-state index is -0.452. The average molecular weight is 267 g/mol. The second-order valence-electron chi connectivity index (χ2n) is 5.64. The molecule has 1 aliphatic heterocycles. The maximum Gasteiger partial charge on any atom is 0.252 e. The largest absolute Gasteiger partial charge is 0.486 e. The lowest BCUT2D eigenvalue weighted by atomic mass is 9.81. The van der Waals surface area contributed by atoms with Gasteiger partial charge in [0.25, 0.3) is 5.91 Å². The van der Waals surface area contributed by atoms with Gasteiger partial charge in [-0.15, -0.1) is 0 Å². The monoisotopic (exact) mass is 267 g/mol. The topological polar surface area (TPSA) is 52.3 Å². The summed E-state index contributed by atoms with van der Waals surface area (Å²) in [5.41, 5.74) is 7.69. The summed E-state index contributed by atoms with van der Waals surface area (Å²) in [6, 6.07) is 15.8. The van der Waals surface area contributed by atoms with E-state index in [4.69, 9.17) is 10.5 Å². The molecule has 102 valence electrons. The molecule has 2 N–H and O–H groups in total. The predicted octanol–water partition coefficient (Wildman–Crippen LogP) is 3.09. The smallest absolute Gasteiger partial charge is 0.252 e. The summed E-state index contributed by atoms with van der Waals surface area (Å²) in [5.74, 6) is 0.267. The van der Waals surface area contributed by atoms with Crippen LogP contribution < -0.4 is 10.5 Å². The normalized spacial score (nSPS) is 19.2. The summed E-state index contributed by atoms with van der Waals surface area (Å²) in [7, 11) is 0. The van der Waals surface area contributed by atoms with Crippen LogP contribution in [-0.2, 0) is 0 Å². The van der Waals surface area contributed by atoms with Crippen LogP contribution in [0.3, 0.4) is 0 Å². The minimum absolute atomic E-state index is 0.0954. The zero-order valence-corrected chi connectivity index (χ0v) is 11.6. The van der Waals surface area contributed by atoms with Gasteiger partial charge in [-0.25, -0.2) is 0 Å². The number of hydrogen-bond acceptors (Lipinski definition) is 2. The van der Waals surface area contributed by atoms with Crippen molar-refractivity contribution in [3.63, 3.8) is 0 Å². The van der Waals surface area contributed by atoms with Gasteiger partial charge in [-0.3, -0.25) is 4.79 Å². The number of carbonyl (C=O) groups is 1. The Morgan fingerprint density at radius 3 is 2.45 bits per heavy atom. The van der Waals surface area contributed by atoms with Crippen molar-refractivity contribution in [1.82, 2.24) is 0 Å². The van der Waals surface area contributed by atoms with Crippen LogP contribution in [0.4, 0.5) is 0 Å². The lowest BCUT2D eigenvalue weighted by molar-refractivity contribution is 0.0978. The van der Waals surface area contributed by atoms with Gasteiger partial charge in [0.05, 0.1) is 11.5 Å². The first-order valence-electron chi connectivity index (χ1n) is 6.67. The molecule has 0 saturated heterocycles. The number of benzene rings is 2. The predicted molar refractivity (Wildman–Crippen MR) is 78.0 cm³/mol. The van der Waals surface area contributed by atoms with Gasteiger partial charge in [0.1, 0.15) is 11.4 Å². The number of fused-ring (bicyclic) bond motifs is 1. The second-order valence-corrected chi connectivity index (χ2v) is 5.64. The molecule has 3 heteroatoms. The van der Waals surface area contributed by atoms with E-state index in [0.29, 0.717) is 11.3 Å². The van der Waals surface area contributed by atoms with Crippen LogP contribution in [0.15, 0.2) is 48.5 Å². The van der Waals surface area contributed by atoms with E-state index >= 15 is 0 Å². The second kappa shape index (κ2) is 4.37. The van der Waals surface area contributed by atoms with Crippen LogP contribution in [0, 0.1) is 0 Å². The Morgan fingerprint density at radius 2 is 1.80 bits per heavy atom. The molecule has 1 heterocycles. The van der Waals surface area contributed by atoms with Crippen molar-refractivity contribution in [2.75, 3.05) is 0 Å². The maximum absolute atomic E-state index is 11.6. The first-order chi connectivity index (χ1) is 9.50. The Kier molecular flexibility index (Phi) is 2.78. The number of nitrogens with two attached hydrogens (primary N) is 1. The van der Waals surface area contributed by atoms with Crippen LogP contribution in [0.1, 0.15) is 41.3 Å². The van der Waals surface area contributed by atoms with Crippen LogP contribution in [0.25, 0.3) is 0 Å². The fourth-order valence-electron chi connectivity index (χ4n) is 3.01. The highest BCUT2D eigenvalue weighted by Crippen LogP contribution is 2.49. The van der Waals surface area contributed by atoms with E-state index in [1.807, 2.05) is 44.2 Å². The van der Waals surface area contributed by atoms with Gasteiger partial charge in [0.15, 0.2) is 0 Å². The molecule has 2 aromatic carbocycles. The van der Waals surface area contributed by atoms with Crippen LogP contribution in [-0.4, -0.2) is 11.5 Å². The molecule has 0 radical (unpaired) electrons. The Morgan fingerprint density at radius 1 is 1.10 bits per heavy atom. The van der Waals surface area contributed by atoms with Crippen molar-refractivity contribution >= 4 is 5.91 Å². The zero-order valence-electron chi connectivity index (χ0n) is 11.6. The van der Waals surface area contributed by atoms with Crippen molar-refractivity contribution in [1.29, 1.82) is 0 Å². The SMILES string of the molecule is CC1(C)Oc2c(C(N)=O)cccc2C1c1ccccc1. The van der Waals surface area contributed by atoms with E-state index in [1.165, 1.54) is 5.56 Å². The fourth-order valence-corrected chi connectivity index (χ4v) is 3.01. The molecule has 3 rings (SSSR count). The molecule has 20 heavy (non-hydrogen) atoms. The molecular formula is C17H17NO2. The molecule has 1 unspecified atom stereocenters. The number of amides is 1. The van der Waals surface area contributed by atoms with Gasteiger partial charge in [-0.1, -0.05) is 42.5 Å². The van der Waals surface area contributed by atoms with E-state index < -0.39 is 11.5 Å². The molecular weight excluding hydrogens is 250 g/mol. The van der Waals surface area contributed by atoms with E-state index in [2.05, 4.69) is 12.1 Å². The molecule has 0 fully saturated rings. The first-order valence-corrected chi connectivity index (χ1v) is 6.67. The molecule has 2 aromatic rings. The summed E-state index contributed by atoms with van der Waals surface area (Å²) in [6.07, 6.45) is 0. The molecule has 1 aliphatic rings. The van der Waals surface area contributed by atoms with Gasteiger partial charge in [-0.2, -0.15) is 0 Å². The third kappa shape index (κ3) is 1.86. The molecule has 1 atom stereocenters. The van der Waals surface area contributed by atoms with E-state index in [1.54, 1.807) is 6.07 Å². The Hall–Kier alpha value is -2.29. The number of rotatable bonds is 2. The van der Waals surface area contributed by atoms with Gasteiger partial charge in [0, 0.05) is 5.56 Å². The third-order valence-corrected chi connectivity index (χ3v) is 3.82. The lowest BCUT2D eigenvalue weighted by Gasteiger charge is -2.26. The molecule has 3 nitrogen and oxygen atoms in total. The van der Waals surface area contributed by atoms with E-state index in [0.717, 1.165) is 5.56 Å². The molecule has 0 bridgehead atoms. The van der Waals surface area contributed by atoms with Crippen molar-refractivity contribution in [2.24, 2.45) is 5.73 Å². The highest BCUT2D eigenvalue weighted by Gasteiger charge is 2.43. The summed E-state index contributed by atoms with van der Waals surface area (Å²) >= 11 is 0. The van der Waals surface area contributed by atoms with Crippen molar-refractivity contribution < 1.29 is 9.53 Å². The average Bonchev–Trinajstić information content (AvgIpc) is 2.68. The number of hydrogen-bond donors (Lipinski definition) is 1. The number of para-hydroxylation sites is 1. The van der Waals surface area contributed by atoms with Crippen molar-refractivity contribution in [3.8, 4) is 5.75 Å². The maximum atomic E-state index is 11.6. The summed E-state index contributed by atoms with van der Waals surface area (Å²) in [4.78, 5) is 11.6. The number of ether oxygens (including phenoxy) is 1. The van der Waals surface area contributed by atoms with Crippen molar-refractivity contribution in [2.45, 2.75) is 25.4 Å². The van der Waals surface area contributed by atoms with Gasteiger partial charge in [-0.05, 0) is 25.5 Å². The number of primary amides is 1. The van der Waals surface area contributed by atoms with Gasteiger partial charge >= 0.3 is 0 Å². The van der Waals surface area contributed by atoms with Crippen LogP contribution >= 0.6 is 0 Å². The highest BCUT2D eigenvalue weighted by atomic mass is 16.5. The highest BCUT2D eigenvalue weighted by molar-refractivity contribution is 5.96. The van der Waals surface area contributed by atoms with Gasteiger partial charge < -0.3 is 10.5 Å². The standard InChI is InChI=1S/C17H17NO2/c1-17(2)14(11-7-4-3-5-8-11)12-9-6-10-13(16(18)19)15(12)20-17/h3-10,14H,1-2H3,(H2,18,19). The summed E-state index contributed by atoms with van der Waals surface area (Å²) in [6.45, 7) is 4.07. The number of carbonyl (C=O) groups excluding carboxylic acids is 1. The third-order valence-electron chi connectivity index (χ3n) is 3.82. The zero-order chi connectivity index (χ0) is 14.3. The first kappa shape index (κ1) is 12.7. The minimum Gasteiger partial charge on any atom is -0.486 e. The Bertz CT molecular complexity index is 662. The fraction of sp³-hybridized carbons (Fsp3) is 0.235. The quantitative estimate of drug-likeness (QED) is 0.909. The molecule has 1 amide bonds. The van der Waals surface area contributed by atoms with Crippen molar-refractivity contribution in [3.05, 3.63) is 65.2 Å². The lowest BCUT2D eigenvalue weighted by Crippen LogP contribution is -2.31. The Balaban J connectivity index is 2.19. The van der Waals surface area contributed by atoms with Crippen LogP contribution in [0.2, 0.25) is 0 Å².